The van der Waals surface area contributed by atoms with Crippen LogP contribution in [0.3, 0.4) is 0 Å². The van der Waals surface area contributed by atoms with E-state index in [-0.39, 0.29) is 9.77 Å². The van der Waals surface area contributed by atoms with Crippen LogP contribution in [0.5, 0.6) is 0 Å². The molecule has 162 valence electrons. The zero-order valence-electron chi connectivity index (χ0n) is 17.3. The van der Waals surface area contributed by atoms with Gasteiger partial charge in [0, 0.05) is 43.3 Å². The Labute approximate surface area is 186 Å². The lowest BCUT2D eigenvalue weighted by Crippen LogP contribution is -2.49. The molecule has 1 saturated heterocycles. The summed E-state index contributed by atoms with van der Waals surface area (Å²) >= 11 is 1.10. The number of esters is 1. The predicted octanol–water partition coefficient (Wildman–Crippen LogP) is 3.42. The Kier molecular flexibility index (Phi) is 6.08. The summed E-state index contributed by atoms with van der Waals surface area (Å²) in [5, 5.41) is 1.72. The van der Waals surface area contributed by atoms with Gasteiger partial charge in [-0.15, -0.1) is 11.3 Å². The fourth-order valence-corrected chi connectivity index (χ4v) is 6.69. The average Bonchev–Trinajstić information content (AvgIpc) is 3.26. The van der Waals surface area contributed by atoms with Gasteiger partial charge < -0.3 is 9.64 Å². The number of aryl methyl sites for hydroxylation is 1. The van der Waals surface area contributed by atoms with Crippen LogP contribution in [0.1, 0.15) is 15.2 Å². The molecule has 3 heterocycles. The highest BCUT2D eigenvalue weighted by Crippen LogP contribution is 2.38. The van der Waals surface area contributed by atoms with Crippen molar-refractivity contribution in [2.24, 2.45) is 0 Å². The summed E-state index contributed by atoms with van der Waals surface area (Å²) in [4.78, 5) is 18.9. The zero-order valence-corrected chi connectivity index (χ0v) is 18.9. The Morgan fingerprint density at radius 3 is 2.39 bits per heavy atom. The summed E-state index contributed by atoms with van der Waals surface area (Å²) in [6.45, 7) is 3.63. The van der Waals surface area contributed by atoms with Crippen LogP contribution in [0, 0.1) is 6.92 Å². The van der Waals surface area contributed by atoms with E-state index in [9.17, 15) is 13.2 Å². The standard InChI is InChI=1S/C22H23N3O4S2/c1-16-6-8-17(9-7-16)18-15-30-20(22(26)29-2)21(18)31(27,28)25-13-11-24(12-14-25)19-5-3-4-10-23-19/h3-10,15H,11-14H2,1-2H3. The van der Waals surface area contributed by atoms with Crippen molar-refractivity contribution in [3.63, 3.8) is 0 Å². The van der Waals surface area contributed by atoms with Gasteiger partial charge >= 0.3 is 5.97 Å². The number of thiophene rings is 1. The fourth-order valence-electron chi connectivity index (χ4n) is 3.60. The molecule has 0 N–H and O–H groups in total. The van der Waals surface area contributed by atoms with Crippen molar-refractivity contribution in [2.45, 2.75) is 11.8 Å². The van der Waals surface area contributed by atoms with Gasteiger partial charge in [0.25, 0.3) is 0 Å². The molecular weight excluding hydrogens is 434 g/mol. The van der Waals surface area contributed by atoms with E-state index in [0.717, 1.165) is 28.3 Å². The maximum absolute atomic E-state index is 13.7. The molecule has 0 saturated carbocycles. The molecule has 9 heteroatoms. The quantitative estimate of drug-likeness (QED) is 0.546. The van der Waals surface area contributed by atoms with Gasteiger partial charge in [0.05, 0.1) is 7.11 Å². The van der Waals surface area contributed by atoms with Crippen molar-refractivity contribution in [1.29, 1.82) is 0 Å². The molecule has 7 nitrogen and oxygen atoms in total. The second-order valence-electron chi connectivity index (χ2n) is 7.24. The van der Waals surface area contributed by atoms with Crippen LogP contribution in [0.25, 0.3) is 11.1 Å². The lowest BCUT2D eigenvalue weighted by atomic mass is 10.1. The maximum atomic E-state index is 13.7. The number of benzene rings is 1. The normalized spacial score (nSPS) is 15.1. The van der Waals surface area contributed by atoms with E-state index < -0.39 is 16.0 Å². The van der Waals surface area contributed by atoms with E-state index in [2.05, 4.69) is 9.88 Å². The summed E-state index contributed by atoms with van der Waals surface area (Å²) < 4.78 is 33.7. The monoisotopic (exact) mass is 457 g/mol. The molecule has 0 spiro atoms. The van der Waals surface area contributed by atoms with Crippen LogP contribution in [-0.2, 0) is 14.8 Å². The highest BCUT2D eigenvalue weighted by molar-refractivity contribution is 7.89. The van der Waals surface area contributed by atoms with Crippen LogP contribution in [0.2, 0.25) is 0 Å². The summed E-state index contributed by atoms with van der Waals surface area (Å²) in [6.07, 6.45) is 1.72. The first-order valence-corrected chi connectivity index (χ1v) is 12.2. The lowest BCUT2D eigenvalue weighted by molar-refractivity contribution is 0.0602. The highest BCUT2D eigenvalue weighted by atomic mass is 32.2. The molecule has 31 heavy (non-hydrogen) atoms. The van der Waals surface area contributed by atoms with Gasteiger partial charge in [-0.3, -0.25) is 0 Å². The van der Waals surface area contributed by atoms with Crippen molar-refractivity contribution in [3.8, 4) is 11.1 Å². The van der Waals surface area contributed by atoms with E-state index in [1.54, 1.807) is 11.6 Å². The smallest absolute Gasteiger partial charge is 0.349 e. The number of piperazine rings is 1. The first-order chi connectivity index (χ1) is 14.9. The Bertz CT molecular complexity index is 1170. The molecule has 0 atom stereocenters. The van der Waals surface area contributed by atoms with E-state index in [0.29, 0.717) is 31.7 Å². The molecule has 0 amide bonds. The van der Waals surface area contributed by atoms with E-state index >= 15 is 0 Å². The number of aromatic nitrogens is 1. The molecule has 0 aliphatic carbocycles. The second kappa shape index (κ2) is 8.78. The minimum absolute atomic E-state index is 0.0273. The summed E-state index contributed by atoms with van der Waals surface area (Å²) in [5.41, 5.74) is 2.35. The minimum Gasteiger partial charge on any atom is -0.465 e. The molecule has 3 aromatic rings. The first kappa shape index (κ1) is 21.5. The number of hydrogen-bond donors (Lipinski definition) is 0. The SMILES string of the molecule is COC(=O)c1scc(-c2ccc(C)cc2)c1S(=O)(=O)N1CCN(c2ccccn2)CC1. The molecule has 0 bridgehead atoms. The van der Waals surface area contributed by atoms with Gasteiger partial charge in [0.2, 0.25) is 10.0 Å². The highest BCUT2D eigenvalue weighted by Gasteiger charge is 2.36. The number of sulfonamides is 1. The third kappa shape index (κ3) is 4.21. The third-order valence-electron chi connectivity index (χ3n) is 5.29. The summed E-state index contributed by atoms with van der Waals surface area (Å²) in [5.74, 6) is 0.180. The van der Waals surface area contributed by atoms with E-state index in [1.165, 1.54) is 11.4 Å². The summed E-state index contributed by atoms with van der Waals surface area (Å²) in [7, 11) is -2.64. The fraction of sp³-hybridized carbons (Fsp3) is 0.273. The molecule has 0 unspecified atom stereocenters. The lowest BCUT2D eigenvalue weighted by Gasteiger charge is -2.34. The molecule has 1 fully saturated rings. The number of carbonyl (C=O) groups excluding carboxylic acids is 1. The Hall–Kier alpha value is -2.75. The Morgan fingerprint density at radius 2 is 1.77 bits per heavy atom. The number of anilines is 1. The Balaban J connectivity index is 1.68. The van der Waals surface area contributed by atoms with Crippen LogP contribution in [0.15, 0.2) is 58.9 Å². The molecule has 1 aliphatic heterocycles. The second-order valence-corrected chi connectivity index (χ2v) is 10.00. The average molecular weight is 458 g/mol. The zero-order chi connectivity index (χ0) is 22.0. The van der Waals surface area contributed by atoms with Gasteiger partial charge in [0.1, 0.15) is 15.6 Å². The number of rotatable bonds is 5. The third-order valence-corrected chi connectivity index (χ3v) is 8.36. The van der Waals surface area contributed by atoms with Gasteiger partial charge in [-0.2, -0.15) is 4.31 Å². The number of nitrogens with zero attached hydrogens (tertiary/aromatic N) is 3. The molecular formula is C22H23N3O4S2. The van der Waals surface area contributed by atoms with Crippen LogP contribution in [0.4, 0.5) is 5.82 Å². The topological polar surface area (TPSA) is 79.8 Å². The van der Waals surface area contributed by atoms with Crippen molar-refractivity contribution in [1.82, 2.24) is 9.29 Å². The van der Waals surface area contributed by atoms with Crippen LogP contribution in [-0.4, -0.2) is 57.0 Å². The number of carbonyl (C=O) groups is 1. The van der Waals surface area contributed by atoms with Crippen molar-refractivity contribution >= 4 is 33.1 Å². The molecule has 1 aliphatic rings. The number of hydrogen-bond acceptors (Lipinski definition) is 7. The van der Waals surface area contributed by atoms with Crippen molar-refractivity contribution < 1.29 is 17.9 Å². The summed E-state index contributed by atoms with van der Waals surface area (Å²) in [6, 6.07) is 13.3. The number of pyridine rings is 1. The number of ether oxygens (including phenoxy) is 1. The molecule has 2 aromatic heterocycles. The minimum atomic E-state index is -3.90. The maximum Gasteiger partial charge on any atom is 0.349 e. The number of methoxy groups -OCH3 is 1. The molecule has 4 rings (SSSR count). The first-order valence-electron chi connectivity index (χ1n) is 9.85. The van der Waals surface area contributed by atoms with Crippen molar-refractivity contribution in [2.75, 3.05) is 38.2 Å². The van der Waals surface area contributed by atoms with Crippen molar-refractivity contribution in [3.05, 3.63) is 64.5 Å². The largest absolute Gasteiger partial charge is 0.465 e. The Morgan fingerprint density at radius 1 is 1.06 bits per heavy atom. The van der Waals surface area contributed by atoms with Gasteiger partial charge in [-0.25, -0.2) is 18.2 Å². The molecule has 1 aromatic carbocycles. The molecule has 0 radical (unpaired) electrons. The van der Waals surface area contributed by atoms with Gasteiger partial charge in [-0.05, 0) is 24.6 Å². The predicted molar refractivity (Wildman–Crippen MR) is 121 cm³/mol. The van der Waals surface area contributed by atoms with Crippen LogP contribution >= 0.6 is 11.3 Å². The van der Waals surface area contributed by atoms with Gasteiger partial charge in [-0.1, -0.05) is 35.9 Å². The van der Waals surface area contributed by atoms with E-state index in [1.807, 2.05) is 49.4 Å². The van der Waals surface area contributed by atoms with E-state index in [4.69, 9.17) is 4.74 Å². The van der Waals surface area contributed by atoms with Crippen LogP contribution < -0.4 is 4.90 Å². The van der Waals surface area contributed by atoms with Gasteiger partial charge in [0.15, 0.2) is 0 Å².